The van der Waals surface area contributed by atoms with Crippen LogP contribution in [0.4, 0.5) is 13.2 Å². The topological polar surface area (TPSA) is 90.5 Å². The van der Waals surface area contributed by atoms with Crippen LogP contribution in [0.15, 0.2) is 71.4 Å². The van der Waals surface area contributed by atoms with Crippen LogP contribution in [0.3, 0.4) is 0 Å². The van der Waals surface area contributed by atoms with Crippen LogP contribution in [-0.4, -0.2) is 47.9 Å². The highest BCUT2D eigenvalue weighted by Gasteiger charge is 2.29. The zero-order valence-electron chi connectivity index (χ0n) is 21.1. The molecule has 3 aromatic heterocycles. The number of carbonyl (C=O) groups excluding carboxylic acids is 1. The number of hydrogen-bond donors (Lipinski definition) is 1. The molecule has 8 nitrogen and oxygen atoms in total. The number of alkyl halides is 2. The molecule has 202 valence electrons. The van der Waals surface area contributed by atoms with Crippen molar-refractivity contribution in [2.75, 3.05) is 0 Å². The van der Waals surface area contributed by atoms with E-state index in [9.17, 15) is 18.0 Å². The third-order valence-corrected chi connectivity index (χ3v) is 7.76. The quantitative estimate of drug-likeness (QED) is 0.276. The number of nitrogens with one attached hydrogen (secondary N) is 1. The number of allylic oxidation sites excluding steroid dienone is 2. The van der Waals surface area contributed by atoms with E-state index >= 15 is 0 Å². The van der Waals surface area contributed by atoms with Crippen molar-refractivity contribution in [3.63, 3.8) is 0 Å². The van der Waals surface area contributed by atoms with Crippen LogP contribution in [-0.2, 0) is 4.79 Å². The highest BCUT2D eigenvalue weighted by molar-refractivity contribution is 8.07. The molecule has 12 heteroatoms. The molecule has 0 spiro atoms. The van der Waals surface area contributed by atoms with Crippen molar-refractivity contribution in [2.45, 2.75) is 51.1 Å². The second-order valence-electron chi connectivity index (χ2n) is 9.17. The van der Waals surface area contributed by atoms with E-state index in [1.165, 1.54) is 23.7 Å². The molecule has 0 aliphatic heterocycles. The van der Waals surface area contributed by atoms with Gasteiger partial charge in [0.15, 0.2) is 5.82 Å². The van der Waals surface area contributed by atoms with Crippen LogP contribution < -0.4 is 5.32 Å². The number of hydrogen-bond acceptors (Lipinski definition) is 6. The van der Waals surface area contributed by atoms with Crippen LogP contribution >= 0.6 is 11.8 Å². The van der Waals surface area contributed by atoms with Gasteiger partial charge < -0.3 is 9.88 Å². The van der Waals surface area contributed by atoms with E-state index in [2.05, 4.69) is 27.2 Å². The maximum absolute atomic E-state index is 15.0. The van der Waals surface area contributed by atoms with Crippen LogP contribution in [0.5, 0.6) is 0 Å². The van der Waals surface area contributed by atoms with Gasteiger partial charge in [-0.1, -0.05) is 41.8 Å². The summed E-state index contributed by atoms with van der Waals surface area (Å²) < 4.78 is 44.7. The predicted molar refractivity (Wildman–Crippen MR) is 144 cm³/mol. The number of aromatic nitrogens is 6. The Morgan fingerprint density at radius 1 is 1.28 bits per heavy atom. The predicted octanol–water partition coefficient (Wildman–Crippen LogP) is 5.83. The minimum atomic E-state index is -2.67. The Morgan fingerprint density at radius 3 is 2.82 bits per heavy atom. The monoisotopic (exact) mass is 553 g/mol. The summed E-state index contributed by atoms with van der Waals surface area (Å²) in [6.07, 6.45) is 6.37. The van der Waals surface area contributed by atoms with Crippen molar-refractivity contribution >= 4 is 28.7 Å². The average Bonchev–Trinajstić information content (AvgIpc) is 3.60. The van der Waals surface area contributed by atoms with Crippen LogP contribution in [0.25, 0.3) is 28.2 Å². The smallest absolute Gasteiger partial charge is 0.269 e. The number of pyridine rings is 1. The Kier molecular flexibility index (Phi) is 7.82. The summed E-state index contributed by atoms with van der Waals surface area (Å²) in [7, 11) is 0. The number of halogens is 3. The molecule has 1 fully saturated rings. The van der Waals surface area contributed by atoms with E-state index in [0.29, 0.717) is 40.9 Å². The molecule has 3 heterocycles. The maximum Gasteiger partial charge on any atom is 0.269 e. The van der Waals surface area contributed by atoms with Crippen LogP contribution in [0.2, 0.25) is 0 Å². The highest BCUT2D eigenvalue weighted by atomic mass is 32.2. The molecule has 1 aliphatic carbocycles. The summed E-state index contributed by atoms with van der Waals surface area (Å²) in [5.74, 6) is 0.118. The zero-order valence-corrected chi connectivity index (χ0v) is 21.9. The van der Waals surface area contributed by atoms with Crippen molar-refractivity contribution < 1.29 is 18.0 Å². The molecule has 1 aliphatic rings. The minimum absolute atomic E-state index is 0.00971. The molecule has 5 rings (SSSR count). The maximum atomic E-state index is 15.0. The Hall–Kier alpha value is -3.93. The number of benzene rings is 1. The van der Waals surface area contributed by atoms with E-state index < -0.39 is 18.1 Å². The Bertz CT molecular complexity index is 1530. The fraction of sp³-hybridized carbons (Fsp3) is 0.296. The number of rotatable bonds is 8. The number of fused-ring (bicyclic) bond motifs is 1. The molecule has 39 heavy (non-hydrogen) atoms. The third-order valence-electron chi connectivity index (χ3n) is 6.67. The molecule has 0 saturated heterocycles. The molecule has 1 N–H and O–H groups in total. The number of nitrogens with zero attached hydrogens (tertiary/aromatic N) is 6. The Labute approximate surface area is 227 Å². The first kappa shape index (κ1) is 26.7. The molecule has 0 bridgehead atoms. The number of imidazole rings is 1. The van der Waals surface area contributed by atoms with Crippen molar-refractivity contribution in [2.24, 2.45) is 0 Å². The molecule has 1 amide bonds. The van der Waals surface area contributed by atoms with Gasteiger partial charge in [-0.2, -0.15) is 0 Å². The van der Waals surface area contributed by atoms with Gasteiger partial charge in [0.25, 0.3) is 12.3 Å². The summed E-state index contributed by atoms with van der Waals surface area (Å²) in [5.41, 5.74) is 1.71. The van der Waals surface area contributed by atoms with E-state index in [1.807, 2.05) is 4.57 Å². The summed E-state index contributed by atoms with van der Waals surface area (Å²) in [4.78, 5) is 21.9. The lowest BCUT2D eigenvalue weighted by Gasteiger charge is -2.32. The fourth-order valence-electron chi connectivity index (χ4n) is 4.86. The molecule has 1 aromatic carbocycles. The average molecular weight is 554 g/mol. The second kappa shape index (κ2) is 11.4. The van der Waals surface area contributed by atoms with Gasteiger partial charge in [-0.15, -0.1) is 5.10 Å². The Balaban J connectivity index is 1.45. The SMILES string of the molecule is C=C(S/C(=C\C)C(F)F)C(=O)NC1CCCC(n2c(-c3ccccc3F)nc3cc(-n4ccnn4)ncc32)C1. The number of thioether (sulfide) groups is 1. The lowest BCUT2D eigenvalue weighted by atomic mass is 9.90. The summed E-state index contributed by atoms with van der Waals surface area (Å²) in [5, 5.41) is 10.8. The fourth-order valence-corrected chi connectivity index (χ4v) is 5.50. The first-order chi connectivity index (χ1) is 18.9. The van der Waals surface area contributed by atoms with E-state index in [1.54, 1.807) is 42.9 Å². The zero-order chi connectivity index (χ0) is 27.5. The molecule has 0 radical (unpaired) electrons. The number of carbonyl (C=O) groups is 1. The Morgan fingerprint density at radius 2 is 2.10 bits per heavy atom. The van der Waals surface area contributed by atoms with Crippen LogP contribution in [0.1, 0.15) is 38.6 Å². The normalized spacial score (nSPS) is 18.0. The van der Waals surface area contributed by atoms with Gasteiger partial charge in [-0.3, -0.25) is 4.79 Å². The lowest BCUT2D eigenvalue weighted by Crippen LogP contribution is -2.39. The van der Waals surface area contributed by atoms with Crippen molar-refractivity contribution in [3.05, 3.63) is 77.2 Å². The van der Waals surface area contributed by atoms with E-state index in [0.717, 1.165) is 24.8 Å². The van der Waals surface area contributed by atoms with Gasteiger partial charge in [0.2, 0.25) is 0 Å². The van der Waals surface area contributed by atoms with Gasteiger partial charge >= 0.3 is 0 Å². The van der Waals surface area contributed by atoms with Crippen molar-refractivity contribution in [1.82, 2.24) is 34.8 Å². The first-order valence-electron chi connectivity index (χ1n) is 12.5. The molecular formula is C27H26F3N7OS. The molecular weight excluding hydrogens is 527 g/mol. The first-order valence-corrected chi connectivity index (χ1v) is 13.3. The van der Waals surface area contributed by atoms with E-state index in [-0.39, 0.29) is 21.9 Å². The van der Waals surface area contributed by atoms with Gasteiger partial charge in [0.05, 0.1) is 45.0 Å². The lowest BCUT2D eigenvalue weighted by molar-refractivity contribution is -0.117. The minimum Gasteiger partial charge on any atom is -0.349 e. The molecule has 1 saturated carbocycles. The summed E-state index contributed by atoms with van der Waals surface area (Å²) >= 11 is 0.679. The molecule has 4 aromatic rings. The van der Waals surface area contributed by atoms with E-state index in [4.69, 9.17) is 4.98 Å². The number of amides is 1. The van der Waals surface area contributed by atoms with Crippen LogP contribution in [0, 0.1) is 5.82 Å². The van der Waals surface area contributed by atoms with Crippen molar-refractivity contribution in [1.29, 1.82) is 0 Å². The molecule has 2 atom stereocenters. The van der Waals surface area contributed by atoms with Gasteiger partial charge in [-0.25, -0.2) is 27.8 Å². The van der Waals surface area contributed by atoms with Gasteiger partial charge in [-0.05, 0) is 44.7 Å². The van der Waals surface area contributed by atoms with Gasteiger partial charge in [0.1, 0.15) is 11.6 Å². The van der Waals surface area contributed by atoms with Gasteiger partial charge in [0, 0.05) is 18.2 Å². The summed E-state index contributed by atoms with van der Waals surface area (Å²) in [6, 6.07) is 7.90. The van der Waals surface area contributed by atoms with Crippen molar-refractivity contribution in [3.8, 4) is 17.2 Å². The largest absolute Gasteiger partial charge is 0.349 e. The standard InChI is InChI=1S/C27H26F3N7OS/c1-3-23(25(29)30)39-16(2)27(38)33-17-7-6-8-18(13-17)37-22-15-31-24(36-12-11-32-35-36)14-21(22)34-26(37)19-9-4-5-10-20(19)28/h3-5,9-12,14-15,17-18,25H,2,6-8,13H2,1H3,(H,33,38)/b23-3-. The second-order valence-corrected chi connectivity index (χ2v) is 10.3. The third kappa shape index (κ3) is 5.60. The highest BCUT2D eigenvalue weighted by Crippen LogP contribution is 2.37. The molecule has 2 unspecified atom stereocenters. The summed E-state index contributed by atoms with van der Waals surface area (Å²) in [6.45, 7) is 5.19.